The normalized spacial score (nSPS) is 11.6. The minimum atomic E-state index is -4.41. The Labute approximate surface area is 111 Å². The van der Waals surface area contributed by atoms with E-state index >= 15 is 0 Å². The summed E-state index contributed by atoms with van der Waals surface area (Å²) in [5.41, 5.74) is -0.171. The Morgan fingerprint density at radius 1 is 1.06 bits per heavy atom. The van der Waals surface area contributed by atoms with E-state index in [9.17, 15) is 13.2 Å². The maximum Gasteiger partial charge on any atom is 0.416 e. The molecule has 18 heavy (non-hydrogen) atoms. The van der Waals surface area contributed by atoms with Gasteiger partial charge in [-0.05, 0) is 23.8 Å². The van der Waals surface area contributed by atoms with E-state index in [1.165, 1.54) is 24.4 Å². The number of hydrogen-bond acceptors (Lipinski definition) is 1. The predicted molar refractivity (Wildman–Crippen MR) is 64.7 cm³/mol. The molecule has 0 bridgehead atoms. The van der Waals surface area contributed by atoms with Gasteiger partial charge in [-0.15, -0.1) is 0 Å². The summed E-state index contributed by atoms with van der Waals surface area (Å²) in [5.74, 6) is 0. The molecule has 1 aromatic carbocycles. The highest BCUT2D eigenvalue weighted by atomic mass is 35.5. The second-order valence-corrected chi connectivity index (χ2v) is 4.30. The van der Waals surface area contributed by atoms with Crippen LogP contribution in [0.5, 0.6) is 0 Å². The predicted octanol–water partition coefficient (Wildman–Crippen LogP) is 5.07. The molecule has 0 atom stereocenters. The van der Waals surface area contributed by atoms with Crippen LogP contribution in [-0.2, 0) is 6.18 Å². The lowest BCUT2D eigenvalue weighted by molar-refractivity contribution is -0.137. The highest BCUT2D eigenvalue weighted by Gasteiger charge is 2.30. The van der Waals surface area contributed by atoms with Crippen molar-refractivity contribution in [3.8, 4) is 11.1 Å². The lowest BCUT2D eigenvalue weighted by atomic mass is 10.0. The summed E-state index contributed by atoms with van der Waals surface area (Å²) in [7, 11) is 0. The van der Waals surface area contributed by atoms with Crippen LogP contribution in [0.25, 0.3) is 11.1 Å². The Hall–Kier alpha value is -1.26. The number of benzene rings is 1. The Morgan fingerprint density at radius 3 is 2.39 bits per heavy atom. The maximum absolute atomic E-state index is 12.6. The van der Waals surface area contributed by atoms with E-state index in [0.29, 0.717) is 5.56 Å². The molecule has 0 radical (unpaired) electrons. The van der Waals surface area contributed by atoms with E-state index in [1.807, 2.05) is 0 Å². The van der Waals surface area contributed by atoms with Gasteiger partial charge in [0.05, 0.1) is 10.6 Å². The van der Waals surface area contributed by atoms with Crippen LogP contribution in [0.1, 0.15) is 5.56 Å². The highest BCUT2D eigenvalue weighted by Crippen LogP contribution is 2.36. The van der Waals surface area contributed by atoms with Crippen LogP contribution < -0.4 is 0 Å². The SMILES string of the molecule is FC(F)(F)c1cccc(-c2c(Cl)ccnc2Cl)c1. The number of alkyl halides is 3. The molecule has 0 aliphatic heterocycles. The minimum absolute atomic E-state index is 0.0711. The van der Waals surface area contributed by atoms with Gasteiger partial charge in [-0.1, -0.05) is 35.3 Å². The van der Waals surface area contributed by atoms with Crippen LogP contribution in [0.4, 0.5) is 13.2 Å². The van der Waals surface area contributed by atoms with Gasteiger partial charge in [-0.2, -0.15) is 13.2 Å². The fourth-order valence-electron chi connectivity index (χ4n) is 1.52. The van der Waals surface area contributed by atoms with Gasteiger partial charge in [0, 0.05) is 11.8 Å². The highest BCUT2D eigenvalue weighted by molar-refractivity contribution is 6.38. The van der Waals surface area contributed by atoms with Crippen molar-refractivity contribution in [2.75, 3.05) is 0 Å². The first-order valence-corrected chi connectivity index (χ1v) is 5.63. The second-order valence-electron chi connectivity index (χ2n) is 3.54. The van der Waals surface area contributed by atoms with E-state index in [4.69, 9.17) is 23.2 Å². The smallest absolute Gasteiger partial charge is 0.244 e. The Kier molecular flexibility index (Phi) is 3.50. The van der Waals surface area contributed by atoms with Crippen LogP contribution in [0.3, 0.4) is 0 Å². The van der Waals surface area contributed by atoms with E-state index < -0.39 is 11.7 Å². The summed E-state index contributed by atoms with van der Waals surface area (Å²) in [5, 5.41) is 0.330. The molecule has 1 nitrogen and oxygen atoms in total. The molecule has 0 saturated heterocycles. The van der Waals surface area contributed by atoms with Crippen molar-refractivity contribution < 1.29 is 13.2 Å². The zero-order valence-electron chi connectivity index (χ0n) is 8.80. The van der Waals surface area contributed by atoms with Crippen molar-refractivity contribution in [3.63, 3.8) is 0 Å². The van der Waals surface area contributed by atoms with Crippen LogP contribution in [0, 0.1) is 0 Å². The van der Waals surface area contributed by atoms with Crippen molar-refractivity contribution in [1.82, 2.24) is 4.98 Å². The third-order valence-electron chi connectivity index (χ3n) is 2.33. The largest absolute Gasteiger partial charge is 0.416 e. The van der Waals surface area contributed by atoms with Gasteiger partial charge in [0.1, 0.15) is 5.15 Å². The summed E-state index contributed by atoms with van der Waals surface area (Å²) in [6, 6.07) is 6.27. The van der Waals surface area contributed by atoms with Gasteiger partial charge >= 0.3 is 6.18 Å². The van der Waals surface area contributed by atoms with Crippen LogP contribution in [0.15, 0.2) is 36.5 Å². The fourth-order valence-corrected chi connectivity index (χ4v) is 2.09. The zero-order chi connectivity index (χ0) is 13.3. The molecule has 0 saturated carbocycles. The van der Waals surface area contributed by atoms with Crippen molar-refractivity contribution in [3.05, 3.63) is 52.3 Å². The molecule has 2 rings (SSSR count). The number of rotatable bonds is 1. The molecule has 0 spiro atoms. The monoisotopic (exact) mass is 291 g/mol. The van der Waals surface area contributed by atoms with Gasteiger partial charge in [0.2, 0.25) is 0 Å². The summed E-state index contributed by atoms with van der Waals surface area (Å²) < 4.78 is 37.8. The van der Waals surface area contributed by atoms with Gasteiger partial charge in [-0.25, -0.2) is 4.98 Å². The number of nitrogens with zero attached hydrogens (tertiary/aromatic N) is 1. The van der Waals surface area contributed by atoms with Crippen molar-refractivity contribution in [2.45, 2.75) is 6.18 Å². The number of pyridine rings is 1. The zero-order valence-corrected chi connectivity index (χ0v) is 10.3. The molecule has 94 valence electrons. The summed E-state index contributed by atoms with van der Waals surface area (Å²) in [4.78, 5) is 3.81. The topological polar surface area (TPSA) is 12.9 Å². The third kappa shape index (κ3) is 2.60. The van der Waals surface area contributed by atoms with E-state index in [1.54, 1.807) is 0 Å². The number of aromatic nitrogens is 1. The first-order valence-electron chi connectivity index (χ1n) is 4.87. The van der Waals surface area contributed by atoms with Gasteiger partial charge < -0.3 is 0 Å². The van der Waals surface area contributed by atoms with E-state index in [0.717, 1.165) is 12.1 Å². The molecule has 0 unspecified atom stereocenters. The quantitative estimate of drug-likeness (QED) is 0.668. The first-order chi connectivity index (χ1) is 8.39. The molecule has 0 amide bonds. The molecular formula is C12H6Cl2F3N. The summed E-state index contributed by atoms with van der Waals surface area (Å²) in [6.07, 6.45) is -3.01. The molecule has 0 fully saturated rings. The molecule has 1 heterocycles. The molecule has 0 aliphatic rings. The fraction of sp³-hybridized carbons (Fsp3) is 0.0833. The molecular weight excluding hydrogens is 286 g/mol. The van der Waals surface area contributed by atoms with Crippen LogP contribution >= 0.6 is 23.2 Å². The number of halogens is 5. The standard InChI is InChI=1S/C12H6Cl2F3N/c13-9-4-5-18-11(14)10(9)7-2-1-3-8(6-7)12(15,16)17/h1-6H. The van der Waals surface area contributed by atoms with Crippen molar-refractivity contribution in [1.29, 1.82) is 0 Å². The Morgan fingerprint density at radius 2 is 1.78 bits per heavy atom. The molecule has 2 aromatic rings. The van der Waals surface area contributed by atoms with Crippen molar-refractivity contribution in [2.24, 2.45) is 0 Å². The Balaban J connectivity index is 2.59. The molecule has 1 aromatic heterocycles. The molecule has 0 N–H and O–H groups in total. The first kappa shape index (κ1) is 13.2. The average Bonchev–Trinajstić information content (AvgIpc) is 2.28. The molecule has 6 heteroatoms. The van der Waals surface area contributed by atoms with Gasteiger partial charge in [-0.3, -0.25) is 0 Å². The molecule has 0 aliphatic carbocycles. The summed E-state index contributed by atoms with van der Waals surface area (Å²) in [6.45, 7) is 0. The average molecular weight is 292 g/mol. The lowest BCUT2D eigenvalue weighted by Gasteiger charge is -2.10. The second kappa shape index (κ2) is 4.78. The maximum atomic E-state index is 12.6. The summed E-state index contributed by atoms with van der Waals surface area (Å²) >= 11 is 11.8. The lowest BCUT2D eigenvalue weighted by Crippen LogP contribution is -2.04. The van der Waals surface area contributed by atoms with E-state index in [-0.39, 0.29) is 15.7 Å². The number of hydrogen-bond donors (Lipinski definition) is 0. The van der Waals surface area contributed by atoms with Gasteiger partial charge in [0.25, 0.3) is 0 Å². The van der Waals surface area contributed by atoms with Crippen LogP contribution in [-0.4, -0.2) is 4.98 Å². The van der Waals surface area contributed by atoms with Gasteiger partial charge in [0.15, 0.2) is 0 Å². The van der Waals surface area contributed by atoms with Crippen LogP contribution in [0.2, 0.25) is 10.2 Å². The minimum Gasteiger partial charge on any atom is -0.244 e. The van der Waals surface area contributed by atoms with Crippen molar-refractivity contribution >= 4 is 23.2 Å². The van der Waals surface area contributed by atoms with E-state index in [2.05, 4.69) is 4.98 Å². The Bertz CT molecular complexity index is 562. The third-order valence-corrected chi connectivity index (χ3v) is 2.93.